The number of carbonyl (C=O) groups excluding carboxylic acids is 3. The fourth-order valence-electron chi connectivity index (χ4n) is 3.15. The maximum Gasteiger partial charge on any atom is 0.311 e. The smallest absolute Gasteiger partial charge is 0.311 e. The van der Waals surface area contributed by atoms with Crippen LogP contribution in [0.1, 0.15) is 61.8 Å². The number of ether oxygens (including phenoxy) is 3. The van der Waals surface area contributed by atoms with E-state index in [2.05, 4.69) is 0 Å². The topological polar surface area (TPSA) is 82.1 Å². The third-order valence-corrected chi connectivity index (χ3v) is 6.20. The van der Waals surface area contributed by atoms with Gasteiger partial charge >= 0.3 is 17.9 Å². The molecule has 0 spiro atoms. The zero-order valence-corrected chi connectivity index (χ0v) is 22.3. The Morgan fingerprint density at radius 2 is 1.34 bits per heavy atom. The lowest BCUT2D eigenvalue weighted by atomic mass is 9.37. The second-order valence-corrected chi connectivity index (χ2v) is 11.3. The van der Waals surface area contributed by atoms with Gasteiger partial charge in [0.25, 0.3) is 0 Å². The number of hydrogen-bond acceptors (Lipinski definition) is 7. The van der Waals surface area contributed by atoms with Gasteiger partial charge in [-0.2, -0.15) is 0 Å². The zero-order chi connectivity index (χ0) is 25.4. The monoisotopic (exact) mass is 453 g/mol. The van der Waals surface area contributed by atoms with Crippen molar-refractivity contribution < 1.29 is 28.6 Å². The molecule has 0 aliphatic carbocycles. The van der Waals surface area contributed by atoms with Gasteiger partial charge in [-0.05, 0) is 41.3 Å². The molecule has 0 bridgehead atoms. The third-order valence-electron chi connectivity index (χ3n) is 6.20. The maximum absolute atomic E-state index is 12.8. The zero-order valence-electron chi connectivity index (χ0n) is 22.3. The van der Waals surface area contributed by atoms with Gasteiger partial charge in [-0.3, -0.25) is 14.4 Å². The largest absolute Gasteiger partial charge is 0.469 e. The highest BCUT2D eigenvalue weighted by molar-refractivity contribution is 6.54. The number of nitrogens with zero attached hydrogens (tertiary/aromatic N) is 1. The summed E-state index contributed by atoms with van der Waals surface area (Å²) in [7, 11) is 6.15. The highest BCUT2D eigenvalue weighted by atomic mass is 16.6. The maximum atomic E-state index is 12.8. The van der Waals surface area contributed by atoms with E-state index < -0.39 is 21.6 Å². The average Bonchev–Trinajstić information content (AvgIpc) is 2.68. The summed E-state index contributed by atoms with van der Waals surface area (Å²) < 4.78 is 16.1. The highest BCUT2D eigenvalue weighted by Gasteiger charge is 2.43. The van der Waals surface area contributed by atoms with Crippen molar-refractivity contribution in [1.29, 1.82) is 0 Å². The molecule has 0 aliphatic rings. The first-order valence-corrected chi connectivity index (χ1v) is 11.6. The summed E-state index contributed by atoms with van der Waals surface area (Å²) in [5.41, 5.74) is -1.32. The molecule has 0 radical (unpaired) electrons. The van der Waals surface area contributed by atoms with Crippen LogP contribution in [0, 0.1) is 5.41 Å². The molecule has 0 heterocycles. The van der Waals surface area contributed by atoms with E-state index in [0.717, 1.165) is 0 Å². The van der Waals surface area contributed by atoms with Crippen LogP contribution < -0.4 is 0 Å². The van der Waals surface area contributed by atoms with Crippen molar-refractivity contribution in [1.82, 2.24) is 4.90 Å². The van der Waals surface area contributed by atoms with Gasteiger partial charge in [-0.25, -0.2) is 0 Å². The molecule has 2 unspecified atom stereocenters. The van der Waals surface area contributed by atoms with Crippen molar-refractivity contribution >= 4 is 32.5 Å². The molecule has 0 fully saturated rings. The van der Waals surface area contributed by atoms with E-state index in [4.69, 9.17) is 14.2 Å². The minimum atomic E-state index is -0.825. The molecule has 0 aromatic carbocycles. The van der Waals surface area contributed by atoms with E-state index in [-0.39, 0.29) is 17.9 Å². The summed E-state index contributed by atoms with van der Waals surface area (Å²) in [6, 6.07) is 0. The normalized spacial score (nSPS) is 15.9. The Kier molecular flexibility index (Phi) is 11.5. The molecule has 0 amide bonds. The van der Waals surface area contributed by atoms with Crippen molar-refractivity contribution in [3.63, 3.8) is 0 Å². The number of methoxy groups -OCH3 is 1. The van der Waals surface area contributed by atoms with Crippen LogP contribution >= 0.6 is 0 Å². The van der Waals surface area contributed by atoms with Gasteiger partial charge < -0.3 is 19.1 Å². The minimum Gasteiger partial charge on any atom is -0.469 e. The predicted octanol–water partition coefficient (Wildman–Crippen LogP) is 3.11. The van der Waals surface area contributed by atoms with E-state index in [1.165, 1.54) is 7.11 Å². The van der Waals surface area contributed by atoms with Crippen LogP contribution in [0.15, 0.2) is 0 Å². The second-order valence-electron chi connectivity index (χ2n) is 11.3. The Hall–Kier alpha value is -1.50. The predicted molar refractivity (Wildman–Crippen MR) is 132 cm³/mol. The van der Waals surface area contributed by atoms with Crippen molar-refractivity contribution in [2.24, 2.45) is 5.41 Å². The van der Waals surface area contributed by atoms with Crippen LogP contribution in [0.25, 0.3) is 0 Å². The number of likely N-dealkylation sites (N-methyl/N-ethyl adjacent to an activating group) is 1. The van der Waals surface area contributed by atoms with Gasteiger partial charge in [-0.1, -0.05) is 47.3 Å². The summed E-state index contributed by atoms with van der Waals surface area (Å²) in [5.74, 6) is -0.875. The lowest BCUT2D eigenvalue weighted by molar-refractivity contribution is -0.164. The molecular formula is C23H45B2NO6. The van der Waals surface area contributed by atoms with Gasteiger partial charge in [0.2, 0.25) is 0 Å². The van der Waals surface area contributed by atoms with Crippen LogP contribution in [-0.4, -0.2) is 77.3 Å². The Bertz CT molecular complexity index is 647. The van der Waals surface area contributed by atoms with E-state index >= 15 is 0 Å². The van der Waals surface area contributed by atoms with E-state index in [9.17, 15) is 14.4 Å². The molecule has 0 aromatic heterocycles. The van der Waals surface area contributed by atoms with Crippen molar-refractivity contribution in [2.45, 2.75) is 90.7 Å². The summed E-state index contributed by atoms with van der Waals surface area (Å²) in [4.78, 5) is 40.1. The molecule has 9 heteroatoms. The summed E-state index contributed by atoms with van der Waals surface area (Å²) >= 11 is 0. The first-order valence-electron chi connectivity index (χ1n) is 11.6. The Labute approximate surface area is 196 Å². The molecule has 32 heavy (non-hydrogen) atoms. The fourth-order valence-corrected chi connectivity index (χ4v) is 3.15. The lowest BCUT2D eigenvalue weighted by Gasteiger charge is -2.34. The van der Waals surface area contributed by atoms with Crippen LogP contribution in [-0.2, 0) is 28.6 Å². The fraction of sp³-hybridized carbons (Fsp3) is 0.870. The molecule has 184 valence electrons. The molecule has 2 atom stereocenters. The first kappa shape index (κ1) is 30.5. The molecule has 0 saturated carbocycles. The van der Waals surface area contributed by atoms with Crippen molar-refractivity contribution in [2.75, 3.05) is 34.4 Å². The highest BCUT2D eigenvalue weighted by Crippen LogP contribution is 2.41. The minimum absolute atomic E-state index is 0.247. The van der Waals surface area contributed by atoms with Crippen molar-refractivity contribution in [3.05, 3.63) is 0 Å². The SMILES string of the molecule is CCC(C)(BCC(C)(BCC(C)(C)C(=O)OC(C)(C)C)C(=O)OC)C(=O)OCCN(C)C. The van der Waals surface area contributed by atoms with Crippen LogP contribution in [0.3, 0.4) is 0 Å². The quantitative estimate of drug-likeness (QED) is 0.241. The Morgan fingerprint density at radius 1 is 0.812 bits per heavy atom. The summed E-state index contributed by atoms with van der Waals surface area (Å²) in [6.07, 6.45) is 1.52. The molecule has 0 N–H and O–H groups in total. The number of esters is 3. The van der Waals surface area contributed by atoms with E-state index in [1.807, 2.05) is 74.4 Å². The van der Waals surface area contributed by atoms with Crippen LogP contribution in [0.5, 0.6) is 0 Å². The van der Waals surface area contributed by atoms with Crippen LogP contribution in [0.2, 0.25) is 23.3 Å². The molecule has 0 saturated heterocycles. The lowest BCUT2D eigenvalue weighted by Crippen LogP contribution is -2.39. The van der Waals surface area contributed by atoms with Gasteiger partial charge in [0.1, 0.15) is 26.8 Å². The standard InChI is InChI=1S/C23H45B2NO6/c1-12-22(7,19(29)31-14-13-26(9)10)25-16-23(8,18(28)30-11)24-15-21(5,6)17(27)32-20(2,3)4/h24-25H,12-16H2,1-11H3. The van der Waals surface area contributed by atoms with Gasteiger partial charge in [0.05, 0.1) is 12.5 Å². The van der Waals surface area contributed by atoms with Gasteiger partial charge in [0.15, 0.2) is 0 Å². The Balaban J connectivity index is 5.32. The number of carbonyl (C=O) groups is 3. The molecule has 7 nitrogen and oxygen atoms in total. The molecule has 0 aromatic rings. The third kappa shape index (κ3) is 9.97. The molecular weight excluding hydrogens is 408 g/mol. The van der Waals surface area contributed by atoms with Gasteiger partial charge in [0, 0.05) is 17.2 Å². The number of hydrogen-bond donors (Lipinski definition) is 0. The molecule has 0 aliphatic heterocycles. The number of rotatable bonds is 13. The summed E-state index contributed by atoms with van der Waals surface area (Å²) in [6.45, 7) is 15.8. The average molecular weight is 453 g/mol. The Morgan fingerprint density at radius 3 is 1.78 bits per heavy atom. The summed E-state index contributed by atoms with van der Waals surface area (Å²) in [5, 5.41) is -1.52. The van der Waals surface area contributed by atoms with E-state index in [0.29, 0.717) is 46.8 Å². The first-order chi connectivity index (χ1) is 14.4. The van der Waals surface area contributed by atoms with Gasteiger partial charge in [-0.15, -0.1) is 0 Å². The van der Waals surface area contributed by atoms with Crippen LogP contribution in [0.4, 0.5) is 0 Å². The van der Waals surface area contributed by atoms with E-state index in [1.54, 1.807) is 0 Å². The van der Waals surface area contributed by atoms with Crippen molar-refractivity contribution in [3.8, 4) is 0 Å². The second kappa shape index (κ2) is 12.1. The molecule has 0 rings (SSSR count).